The molecule has 230 valence electrons. The Morgan fingerprint density at radius 1 is 1.07 bits per heavy atom. The predicted molar refractivity (Wildman–Crippen MR) is 174 cm³/mol. The summed E-state index contributed by atoms with van der Waals surface area (Å²) in [4.78, 5) is 30.7. The number of hydrogen-bond donors (Lipinski definition) is 3. The van der Waals surface area contributed by atoms with E-state index in [0.717, 1.165) is 22.1 Å². The fraction of sp³-hybridized carbons (Fsp3) is 0.314. The third-order valence-corrected chi connectivity index (χ3v) is 8.06. The molecule has 0 aliphatic carbocycles. The van der Waals surface area contributed by atoms with Crippen LogP contribution >= 0.6 is 0 Å². The van der Waals surface area contributed by atoms with E-state index in [4.69, 9.17) is 9.47 Å². The van der Waals surface area contributed by atoms with E-state index in [1.165, 1.54) is 0 Å². The standard InChI is InChI=1S/C35H40N4O5/c1-23-19-39(24(2)22-40)34(41)30-18-27(36-35(42)37-31-11-7-9-26-8-5-6-10-29(26)31)14-17-32(30)44-33(23)21-38(3)20-25-12-15-28(43-4)16-13-25/h5-18,23-24,33,40H,19-22H2,1-4H3,(H2,36,37,42)/t23-,24+,33-/m1/s1. The van der Waals surface area contributed by atoms with Crippen molar-refractivity contribution >= 4 is 34.1 Å². The molecule has 4 aromatic carbocycles. The van der Waals surface area contributed by atoms with Crippen molar-refractivity contribution in [1.82, 2.24) is 9.80 Å². The molecule has 0 unspecified atom stereocenters. The molecule has 4 aromatic rings. The van der Waals surface area contributed by atoms with Crippen LogP contribution in [0.1, 0.15) is 29.8 Å². The summed E-state index contributed by atoms with van der Waals surface area (Å²) in [5.41, 5.74) is 2.62. The van der Waals surface area contributed by atoms with Crippen molar-refractivity contribution in [2.45, 2.75) is 32.5 Å². The lowest BCUT2D eigenvalue weighted by atomic mass is 9.99. The largest absolute Gasteiger partial charge is 0.497 e. The van der Waals surface area contributed by atoms with Gasteiger partial charge in [-0.05, 0) is 61.3 Å². The molecule has 9 nitrogen and oxygen atoms in total. The number of aliphatic hydroxyl groups is 1. The van der Waals surface area contributed by atoms with Crippen LogP contribution in [0.2, 0.25) is 0 Å². The second kappa shape index (κ2) is 13.8. The predicted octanol–water partition coefficient (Wildman–Crippen LogP) is 5.84. The first kappa shape index (κ1) is 30.8. The van der Waals surface area contributed by atoms with Gasteiger partial charge in [0.15, 0.2) is 0 Å². The van der Waals surface area contributed by atoms with Crippen LogP contribution in [-0.4, -0.2) is 72.8 Å². The van der Waals surface area contributed by atoms with Gasteiger partial charge in [-0.25, -0.2) is 4.79 Å². The van der Waals surface area contributed by atoms with Crippen molar-refractivity contribution in [2.75, 3.05) is 44.5 Å². The molecule has 3 amide bonds. The van der Waals surface area contributed by atoms with Crippen LogP contribution in [-0.2, 0) is 6.54 Å². The summed E-state index contributed by atoms with van der Waals surface area (Å²) in [6.07, 6.45) is -0.230. The van der Waals surface area contributed by atoms with Gasteiger partial charge in [-0.2, -0.15) is 0 Å². The fourth-order valence-electron chi connectivity index (χ4n) is 5.55. The fourth-order valence-corrected chi connectivity index (χ4v) is 5.55. The van der Waals surface area contributed by atoms with Crippen molar-refractivity contribution in [3.63, 3.8) is 0 Å². The summed E-state index contributed by atoms with van der Waals surface area (Å²) < 4.78 is 11.8. The summed E-state index contributed by atoms with van der Waals surface area (Å²) in [6.45, 7) is 5.48. The van der Waals surface area contributed by atoms with Crippen LogP contribution in [0.4, 0.5) is 16.2 Å². The van der Waals surface area contributed by atoms with E-state index in [2.05, 4.69) is 22.5 Å². The first-order chi connectivity index (χ1) is 21.2. The second-order valence-electron chi connectivity index (χ2n) is 11.5. The van der Waals surface area contributed by atoms with Crippen molar-refractivity contribution in [3.8, 4) is 11.5 Å². The minimum atomic E-state index is -0.423. The Morgan fingerprint density at radius 2 is 1.82 bits per heavy atom. The Morgan fingerprint density at radius 3 is 2.57 bits per heavy atom. The Balaban J connectivity index is 1.36. The summed E-state index contributed by atoms with van der Waals surface area (Å²) in [6, 6.07) is 25.8. The van der Waals surface area contributed by atoms with Crippen LogP contribution < -0.4 is 20.1 Å². The maximum atomic E-state index is 13.8. The summed E-state index contributed by atoms with van der Waals surface area (Å²) in [7, 11) is 3.69. The van der Waals surface area contributed by atoms with Crippen LogP contribution in [0, 0.1) is 5.92 Å². The third-order valence-electron chi connectivity index (χ3n) is 8.06. The molecule has 0 spiro atoms. The van der Waals surface area contributed by atoms with Crippen molar-refractivity contribution in [1.29, 1.82) is 0 Å². The molecule has 0 aromatic heterocycles. The number of benzene rings is 4. The number of rotatable bonds is 9. The van der Waals surface area contributed by atoms with Crippen LogP contribution in [0.3, 0.4) is 0 Å². The normalized spacial score (nSPS) is 17.3. The van der Waals surface area contributed by atoms with Gasteiger partial charge in [-0.3, -0.25) is 9.69 Å². The van der Waals surface area contributed by atoms with Gasteiger partial charge in [0.2, 0.25) is 0 Å². The Labute approximate surface area is 258 Å². The lowest BCUT2D eigenvalue weighted by Crippen LogP contribution is -2.49. The first-order valence-electron chi connectivity index (χ1n) is 14.9. The molecule has 9 heteroatoms. The maximum absolute atomic E-state index is 13.8. The Hall–Kier alpha value is -4.60. The topological polar surface area (TPSA) is 103 Å². The smallest absolute Gasteiger partial charge is 0.323 e. The summed E-state index contributed by atoms with van der Waals surface area (Å²) in [5, 5.41) is 17.7. The zero-order chi connectivity index (χ0) is 31.2. The first-order valence-corrected chi connectivity index (χ1v) is 14.9. The van der Waals surface area contributed by atoms with E-state index < -0.39 is 6.03 Å². The van der Waals surface area contributed by atoms with Crippen LogP contribution in [0.5, 0.6) is 11.5 Å². The number of methoxy groups -OCH3 is 1. The third kappa shape index (κ3) is 7.12. The highest BCUT2D eigenvalue weighted by molar-refractivity contribution is 6.07. The molecule has 1 aliphatic rings. The number of amides is 3. The number of carbonyl (C=O) groups excluding carboxylic acids is 2. The lowest BCUT2D eigenvalue weighted by molar-refractivity contribution is 0.0341. The van der Waals surface area contributed by atoms with Gasteiger partial charge in [0.25, 0.3) is 5.91 Å². The molecule has 0 bridgehead atoms. The quantitative estimate of drug-likeness (QED) is 0.224. The highest BCUT2D eigenvalue weighted by atomic mass is 16.5. The van der Waals surface area contributed by atoms with E-state index in [1.807, 2.05) is 80.7 Å². The van der Waals surface area contributed by atoms with Gasteiger partial charge < -0.3 is 30.1 Å². The zero-order valence-electron chi connectivity index (χ0n) is 25.6. The SMILES string of the molecule is COc1ccc(CN(C)C[C@H]2Oc3ccc(NC(=O)Nc4cccc5ccccc45)cc3C(=O)N([C@@H](C)CO)C[C@H]2C)cc1. The zero-order valence-corrected chi connectivity index (χ0v) is 25.6. The highest BCUT2D eigenvalue weighted by Gasteiger charge is 2.33. The van der Waals surface area contributed by atoms with E-state index in [9.17, 15) is 14.7 Å². The molecule has 44 heavy (non-hydrogen) atoms. The lowest BCUT2D eigenvalue weighted by Gasteiger charge is -2.38. The number of aliphatic hydroxyl groups excluding tert-OH is 1. The van der Waals surface area contributed by atoms with E-state index >= 15 is 0 Å². The minimum absolute atomic E-state index is 0.0105. The number of likely N-dealkylation sites (N-methyl/N-ethyl adjacent to an activating group) is 1. The molecule has 0 saturated heterocycles. The van der Waals surface area contributed by atoms with Gasteiger partial charge in [-0.15, -0.1) is 0 Å². The number of urea groups is 1. The monoisotopic (exact) mass is 596 g/mol. The van der Waals surface area contributed by atoms with E-state index in [-0.39, 0.29) is 30.6 Å². The number of ether oxygens (including phenoxy) is 2. The molecular formula is C35H40N4O5. The molecular weight excluding hydrogens is 556 g/mol. The number of hydrogen-bond acceptors (Lipinski definition) is 6. The van der Waals surface area contributed by atoms with Crippen molar-refractivity contribution in [2.24, 2.45) is 5.92 Å². The van der Waals surface area contributed by atoms with Gasteiger partial charge in [0.05, 0.1) is 31.0 Å². The molecule has 0 saturated carbocycles. The number of fused-ring (bicyclic) bond motifs is 2. The maximum Gasteiger partial charge on any atom is 0.323 e. The number of nitrogens with zero attached hydrogens (tertiary/aromatic N) is 2. The number of nitrogens with one attached hydrogen (secondary N) is 2. The average molecular weight is 597 g/mol. The minimum Gasteiger partial charge on any atom is -0.497 e. The number of anilines is 2. The van der Waals surface area contributed by atoms with Gasteiger partial charge in [0.1, 0.15) is 17.6 Å². The van der Waals surface area contributed by atoms with E-state index in [0.29, 0.717) is 42.3 Å². The van der Waals surface area contributed by atoms with Crippen molar-refractivity contribution < 1.29 is 24.2 Å². The second-order valence-corrected chi connectivity index (χ2v) is 11.5. The van der Waals surface area contributed by atoms with Crippen LogP contribution in [0.15, 0.2) is 84.9 Å². The highest BCUT2D eigenvalue weighted by Crippen LogP contribution is 2.31. The molecule has 1 aliphatic heterocycles. The van der Waals surface area contributed by atoms with Crippen LogP contribution in [0.25, 0.3) is 10.8 Å². The molecule has 0 radical (unpaired) electrons. The number of carbonyl (C=O) groups is 2. The van der Waals surface area contributed by atoms with Crippen molar-refractivity contribution in [3.05, 3.63) is 96.1 Å². The molecule has 1 heterocycles. The Bertz CT molecular complexity index is 1600. The van der Waals surface area contributed by atoms with Gasteiger partial charge in [0, 0.05) is 36.6 Å². The molecule has 3 N–H and O–H groups in total. The molecule has 0 fully saturated rings. The summed E-state index contributed by atoms with van der Waals surface area (Å²) >= 11 is 0. The average Bonchev–Trinajstić information content (AvgIpc) is 3.03. The van der Waals surface area contributed by atoms with Gasteiger partial charge >= 0.3 is 6.03 Å². The van der Waals surface area contributed by atoms with Gasteiger partial charge in [-0.1, -0.05) is 55.5 Å². The summed E-state index contributed by atoms with van der Waals surface area (Å²) in [5.74, 6) is 0.993. The molecule has 3 atom stereocenters. The Kier molecular flexibility index (Phi) is 9.67. The molecule has 5 rings (SSSR count). The van der Waals surface area contributed by atoms with E-state index in [1.54, 1.807) is 30.2 Å².